The van der Waals surface area contributed by atoms with Crippen molar-refractivity contribution in [3.8, 4) is 5.75 Å². The normalized spacial score (nSPS) is 10.5. The summed E-state index contributed by atoms with van der Waals surface area (Å²) in [5.74, 6) is 0.833. The first-order valence-corrected chi connectivity index (χ1v) is 4.49. The standard InChI is InChI=1S/C11H12N2O/c1-7-4-5-9-10(14-3)6-8(2)13-11(9)12-7/h4-6H,1-3H3. The highest BCUT2D eigenvalue weighted by molar-refractivity contribution is 5.82. The number of aryl methyl sites for hydroxylation is 2. The third kappa shape index (κ3) is 1.41. The van der Waals surface area contributed by atoms with E-state index in [1.807, 2.05) is 32.0 Å². The maximum atomic E-state index is 5.27. The van der Waals surface area contributed by atoms with Crippen molar-refractivity contribution in [2.45, 2.75) is 13.8 Å². The number of hydrogen-bond acceptors (Lipinski definition) is 3. The van der Waals surface area contributed by atoms with Gasteiger partial charge in [0.15, 0.2) is 5.65 Å². The fourth-order valence-electron chi connectivity index (χ4n) is 1.46. The van der Waals surface area contributed by atoms with Crippen LogP contribution in [-0.4, -0.2) is 17.1 Å². The average Bonchev–Trinajstić information content (AvgIpc) is 2.15. The minimum atomic E-state index is 0.752. The Labute approximate surface area is 82.8 Å². The molecular formula is C11H12N2O. The molecule has 2 heterocycles. The summed E-state index contributed by atoms with van der Waals surface area (Å²) < 4.78 is 5.27. The van der Waals surface area contributed by atoms with E-state index in [9.17, 15) is 0 Å². The zero-order chi connectivity index (χ0) is 10.1. The zero-order valence-electron chi connectivity index (χ0n) is 8.53. The maximum absolute atomic E-state index is 5.27. The van der Waals surface area contributed by atoms with Crippen LogP contribution < -0.4 is 4.74 Å². The number of nitrogens with zero attached hydrogens (tertiary/aromatic N) is 2. The van der Waals surface area contributed by atoms with E-state index in [1.54, 1.807) is 7.11 Å². The van der Waals surface area contributed by atoms with Gasteiger partial charge in [-0.3, -0.25) is 0 Å². The van der Waals surface area contributed by atoms with Crippen molar-refractivity contribution in [1.29, 1.82) is 0 Å². The average molecular weight is 188 g/mol. The second-order valence-electron chi connectivity index (χ2n) is 3.29. The zero-order valence-corrected chi connectivity index (χ0v) is 8.53. The lowest BCUT2D eigenvalue weighted by Crippen LogP contribution is -1.93. The van der Waals surface area contributed by atoms with Crippen molar-refractivity contribution in [3.63, 3.8) is 0 Å². The smallest absolute Gasteiger partial charge is 0.163 e. The highest BCUT2D eigenvalue weighted by Gasteiger charge is 2.04. The molecule has 0 saturated carbocycles. The number of methoxy groups -OCH3 is 1. The van der Waals surface area contributed by atoms with Gasteiger partial charge < -0.3 is 4.74 Å². The monoisotopic (exact) mass is 188 g/mol. The molecule has 2 aromatic heterocycles. The Kier molecular flexibility index (Phi) is 2.08. The first-order chi connectivity index (χ1) is 6.70. The Balaban J connectivity index is 2.81. The molecule has 3 heteroatoms. The Hall–Kier alpha value is -1.64. The van der Waals surface area contributed by atoms with Crippen LogP contribution in [0.2, 0.25) is 0 Å². The molecule has 0 bridgehead atoms. The van der Waals surface area contributed by atoms with Crippen LogP contribution in [0.3, 0.4) is 0 Å². The first-order valence-electron chi connectivity index (χ1n) is 4.49. The molecule has 0 amide bonds. The van der Waals surface area contributed by atoms with Crippen LogP contribution in [0.15, 0.2) is 18.2 Å². The van der Waals surface area contributed by atoms with Crippen molar-refractivity contribution >= 4 is 11.0 Å². The van der Waals surface area contributed by atoms with Gasteiger partial charge in [-0.05, 0) is 26.0 Å². The SMILES string of the molecule is COc1cc(C)nc2nc(C)ccc12. The molecule has 2 aromatic rings. The topological polar surface area (TPSA) is 35.0 Å². The summed E-state index contributed by atoms with van der Waals surface area (Å²) in [6, 6.07) is 5.87. The van der Waals surface area contributed by atoms with E-state index in [-0.39, 0.29) is 0 Å². The van der Waals surface area contributed by atoms with Gasteiger partial charge in [-0.2, -0.15) is 0 Å². The predicted molar refractivity (Wildman–Crippen MR) is 55.6 cm³/mol. The molecule has 0 unspecified atom stereocenters. The molecular weight excluding hydrogens is 176 g/mol. The molecule has 0 aliphatic heterocycles. The molecule has 0 fully saturated rings. The number of fused-ring (bicyclic) bond motifs is 1. The lowest BCUT2D eigenvalue weighted by Gasteiger charge is -2.05. The van der Waals surface area contributed by atoms with Crippen molar-refractivity contribution in [1.82, 2.24) is 9.97 Å². The Morgan fingerprint density at radius 1 is 1.07 bits per heavy atom. The Bertz CT molecular complexity index is 475. The van der Waals surface area contributed by atoms with E-state index in [4.69, 9.17) is 4.74 Å². The van der Waals surface area contributed by atoms with Gasteiger partial charge >= 0.3 is 0 Å². The van der Waals surface area contributed by atoms with Gasteiger partial charge in [-0.1, -0.05) is 0 Å². The summed E-state index contributed by atoms with van der Waals surface area (Å²) >= 11 is 0. The van der Waals surface area contributed by atoms with Crippen LogP contribution in [0, 0.1) is 13.8 Å². The highest BCUT2D eigenvalue weighted by Crippen LogP contribution is 2.23. The molecule has 0 atom stereocenters. The van der Waals surface area contributed by atoms with E-state index in [0.717, 1.165) is 28.2 Å². The van der Waals surface area contributed by atoms with Crippen molar-refractivity contribution in [2.75, 3.05) is 7.11 Å². The fourth-order valence-corrected chi connectivity index (χ4v) is 1.46. The van der Waals surface area contributed by atoms with Gasteiger partial charge in [0.25, 0.3) is 0 Å². The van der Waals surface area contributed by atoms with Gasteiger partial charge in [0, 0.05) is 17.5 Å². The van der Waals surface area contributed by atoms with Crippen molar-refractivity contribution < 1.29 is 4.74 Å². The third-order valence-corrected chi connectivity index (χ3v) is 2.12. The summed E-state index contributed by atoms with van der Waals surface area (Å²) in [6.45, 7) is 3.89. The number of rotatable bonds is 1. The van der Waals surface area contributed by atoms with E-state index >= 15 is 0 Å². The third-order valence-electron chi connectivity index (χ3n) is 2.12. The highest BCUT2D eigenvalue weighted by atomic mass is 16.5. The summed E-state index contributed by atoms with van der Waals surface area (Å²) in [5, 5.41) is 0.962. The fraction of sp³-hybridized carbons (Fsp3) is 0.273. The van der Waals surface area contributed by atoms with Gasteiger partial charge in [-0.15, -0.1) is 0 Å². The van der Waals surface area contributed by atoms with Crippen LogP contribution in [0.5, 0.6) is 5.75 Å². The Morgan fingerprint density at radius 3 is 2.50 bits per heavy atom. The first kappa shape index (κ1) is 8.94. The van der Waals surface area contributed by atoms with Crippen molar-refractivity contribution in [3.05, 3.63) is 29.6 Å². The minimum absolute atomic E-state index is 0.752. The maximum Gasteiger partial charge on any atom is 0.163 e. The molecule has 0 aromatic carbocycles. The van der Waals surface area contributed by atoms with Crippen LogP contribution >= 0.6 is 0 Å². The predicted octanol–water partition coefficient (Wildman–Crippen LogP) is 2.26. The summed E-state index contributed by atoms with van der Waals surface area (Å²) in [4.78, 5) is 8.71. The quantitative estimate of drug-likeness (QED) is 0.688. The molecule has 0 saturated heterocycles. The van der Waals surface area contributed by atoms with Gasteiger partial charge in [0.1, 0.15) is 5.75 Å². The number of ether oxygens (including phenoxy) is 1. The number of pyridine rings is 2. The molecule has 0 aliphatic carbocycles. The van der Waals surface area contributed by atoms with Crippen LogP contribution in [0.1, 0.15) is 11.4 Å². The lowest BCUT2D eigenvalue weighted by atomic mass is 10.2. The van der Waals surface area contributed by atoms with E-state index in [0.29, 0.717) is 0 Å². The molecule has 3 nitrogen and oxygen atoms in total. The van der Waals surface area contributed by atoms with Crippen LogP contribution in [-0.2, 0) is 0 Å². The number of hydrogen-bond donors (Lipinski definition) is 0. The van der Waals surface area contributed by atoms with E-state index in [2.05, 4.69) is 9.97 Å². The van der Waals surface area contributed by atoms with Crippen LogP contribution in [0.25, 0.3) is 11.0 Å². The van der Waals surface area contributed by atoms with E-state index < -0.39 is 0 Å². The second-order valence-corrected chi connectivity index (χ2v) is 3.29. The van der Waals surface area contributed by atoms with Crippen LogP contribution in [0.4, 0.5) is 0 Å². The van der Waals surface area contributed by atoms with E-state index in [1.165, 1.54) is 0 Å². The second kappa shape index (κ2) is 3.25. The molecule has 0 spiro atoms. The van der Waals surface area contributed by atoms with Gasteiger partial charge in [-0.25, -0.2) is 9.97 Å². The van der Waals surface area contributed by atoms with Gasteiger partial charge in [0.2, 0.25) is 0 Å². The lowest BCUT2D eigenvalue weighted by molar-refractivity contribution is 0.419. The summed E-state index contributed by atoms with van der Waals surface area (Å²) in [6.07, 6.45) is 0. The largest absolute Gasteiger partial charge is 0.496 e. The molecule has 0 radical (unpaired) electrons. The summed E-state index contributed by atoms with van der Waals surface area (Å²) in [7, 11) is 1.66. The summed E-state index contributed by atoms with van der Waals surface area (Å²) in [5.41, 5.74) is 2.65. The molecule has 14 heavy (non-hydrogen) atoms. The Morgan fingerprint density at radius 2 is 1.79 bits per heavy atom. The molecule has 0 aliphatic rings. The molecule has 72 valence electrons. The molecule has 2 rings (SSSR count). The minimum Gasteiger partial charge on any atom is -0.496 e. The van der Waals surface area contributed by atoms with Gasteiger partial charge in [0.05, 0.1) is 12.5 Å². The van der Waals surface area contributed by atoms with Crippen molar-refractivity contribution in [2.24, 2.45) is 0 Å². The molecule has 0 N–H and O–H groups in total. The number of aromatic nitrogens is 2.